The van der Waals surface area contributed by atoms with Crippen molar-refractivity contribution in [3.8, 4) is 0 Å². The fourth-order valence-corrected chi connectivity index (χ4v) is 2.30. The molecular weight excluding hydrogens is 190 g/mol. The molecule has 1 aromatic rings. The van der Waals surface area contributed by atoms with E-state index in [0.717, 1.165) is 18.5 Å². The van der Waals surface area contributed by atoms with Gasteiger partial charge in [0.05, 0.1) is 0 Å². The van der Waals surface area contributed by atoms with Crippen molar-refractivity contribution < 1.29 is 9.90 Å². The average Bonchev–Trinajstić information content (AvgIpc) is 2.67. The van der Waals surface area contributed by atoms with Crippen LogP contribution in [0.3, 0.4) is 0 Å². The second-order valence-corrected chi connectivity index (χ2v) is 4.02. The highest BCUT2D eigenvalue weighted by Gasteiger charge is 2.34. The van der Waals surface area contributed by atoms with Crippen LogP contribution in [0.25, 0.3) is 0 Å². The van der Waals surface area contributed by atoms with E-state index < -0.39 is 12.0 Å². The third-order valence-electron chi connectivity index (χ3n) is 3.08. The maximum absolute atomic E-state index is 11.0. The summed E-state index contributed by atoms with van der Waals surface area (Å²) < 4.78 is 0. The normalized spacial score (nSPS) is 25.4. The molecule has 2 atom stereocenters. The third-order valence-corrected chi connectivity index (χ3v) is 3.08. The molecule has 3 heteroatoms. The van der Waals surface area contributed by atoms with E-state index in [0.29, 0.717) is 0 Å². The number of carboxylic acid groups (broad SMARTS) is 1. The summed E-state index contributed by atoms with van der Waals surface area (Å²) in [7, 11) is 0. The summed E-state index contributed by atoms with van der Waals surface area (Å²) in [5.41, 5.74) is 2.34. The molecule has 0 saturated carbocycles. The number of hydrogen-bond donors (Lipinski definition) is 2. The van der Waals surface area contributed by atoms with Crippen molar-refractivity contribution in [2.24, 2.45) is 0 Å². The minimum absolute atomic E-state index is 0.115. The van der Waals surface area contributed by atoms with Crippen LogP contribution in [0.1, 0.15) is 23.5 Å². The number of carbonyl (C=O) groups is 1. The summed E-state index contributed by atoms with van der Waals surface area (Å²) >= 11 is 0. The van der Waals surface area contributed by atoms with Gasteiger partial charge in [0.2, 0.25) is 0 Å². The van der Waals surface area contributed by atoms with Crippen LogP contribution in [0.4, 0.5) is 0 Å². The summed E-state index contributed by atoms with van der Waals surface area (Å²) in [6.45, 7) is 2.82. The van der Waals surface area contributed by atoms with Crippen molar-refractivity contribution in [3.63, 3.8) is 0 Å². The first-order valence-electron chi connectivity index (χ1n) is 5.22. The molecule has 0 bridgehead atoms. The second kappa shape index (κ2) is 4.03. The zero-order valence-electron chi connectivity index (χ0n) is 8.73. The van der Waals surface area contributed by atoms with Gasteiger partial charge in [0, 0.05) is 5.92 Å². The Hall–Kier alpha value is -1.35. The van der Waals surface area contributed by atoms with Gasteiger partial charge in [-0.15, -0.1) is 0 Å². The summed E-state index contributed by atoms with van der Waals surface area (Å²) in [6, 6.07) is 7.59. The molecule has 0 amide bonds. The lowest BCUT2D eigenvalue weighted by Crippen LogP contribution is -2.34. The predicted molar refractivity (Wildman–Crippen MR) is 58.0 cm³/mol. The monoisotopic (exact) mass is 205 g/mol. The van der Waals surface area contributed by atoms with Gasteiger partial charge in [-0.2, -0.15) is 0 Å². The van der Waals surface area contributed by atoms with Crippen LogP contribution in [-0.4, -0.2) is 23.7 Å². The molecule has 1 aliphatic rings. The van der Waals surface area contributed by atoms with Crippen LogP contribution >= 0.6 is 0 Å². The fraction of sp³-hybridized carbons (Fsp3) is 0.417. The van der Waals surface area contributed by atoms with Gasteiger partial charge < -0.3 is 10.4 Å². The van der Waals surface area contributed by atoms with Gasteiger partial charge in [0.15, 0.2) is 0 Å². The van der Waals surface area contributed by atoms with Crippen LogP contribution in [0.2, 0.25) is 0 Å². The lowest BCUT2D eigenvalue weighted by molar-refractivity contribution is -0.139. The van der Waals surface area contributed by atoms with Crippen LogP contribution < -0.4 is 5.32 Å². The van der Waals surface area contributed by atoms with Crippen LogP contribution in [0, 0.1) is 6.92 Å². The second-order valence-electron chi connectivity index (χ2n) is 4.02. The van der Waals surface area contributed by atoms with Crippen molar-refractivity contribution >= 4 is 5.97 Å². The Labute approximate surface area is 89.1 Å². The maximum atomic E-state index is 11.0. The van der Waals surface area contributed by atoms with E-state index in [2.05, 4.69) is 5.32 Å². The van der Waals surface area contributed by atoms with E-state index in [1.807, 2.05) is 31.2 Å². The van der Waals surface area contributed by atoms with Crippen molar-refractivity contribution in [3.05, 3.63) is 35.4 Å². The molecular formula is C12H15NO2. The largest absolute Gasteiger partial charge is 0.480 e. The van der Waals surface area contributed by atoms with Gasteiger partial charge >= 0.3 is 5.97 Å². The van der Waals surface area contributed by atoms with Crippen molar-refractivity contribution in [1.82, 2.24) is 5.32 Å². The lowest BCUT2D eigenvalue weighted by atomic mass is 9.89. The number of benzene rings is 1. The van der Waals surface area contributed by atoms with E-state index in [9.17, 15) is 4.79 Å². The summed E-state index contributed by atoms with van der Waals surface area (Å²) in [5.74, 6) is -0.635. The summed E-state index contributed by atoms with van der Waals surface area (Å²) in [5, 5.41) is 12.1. The van der Waals surface area contributed by atoms with E-state index in [1.54, 1.807) is 0 Å². The minimum Gasteiger partial charge on any atom is -0.480 e. The first-order valence-corrected chi connectivity index (χ1v) is 5.22. The molecule has 2 unspecified atom stereocenters. The molecule has 1 aliphatic heterocycles. The highest BCUT2D eigenvalue weighted by atomic mass is 16.4. The summed E-state index contributed by atoms with van der Waals surface area (Å²) in [4.78, 5) is 11.0. The minimum atomic E-state index is -0.749. The van der Waals surface area contributed by atoms with Gasteiger partial charge in [-0.05, 0) is 31.0 Å². The first-order chi connectivity index (χ1) is 7.20. The first kappa shape index (κ1) is 10.2. The van der Waals surface area contributed by atoms with Crippen LogP contribution in [0.15, 0.2) is 24.3 Å². The van der Waals surface area contributed by atoms with Crippen molar-refractivity contribution in [1.29, 1.82) is 0 Å². The number of rotatable bonds is 2. The molecule has 2 rings (SSSR count). The number of aryl methyl sites for hydroxylation is 1. The zero-order valence-corrected chi connectivity index (χ0v) is 8.73. The molecule has 0 aromatic heterocycles. The maximum Gasteiger partial charge on any atom is 0.321 e. The fourth-order valence-electron chi connectivity index (χ4n) is 2.30. The van der Waals surface area contributed by atoms with Gasteiger partial charge in [-0.25, -0.2) is 0 Å². The van der Waals surface area contributed by atoms with E-state index in [1.165, 1.54) is 5.56 Å². The molecule has 0 radical (unpaired) electrons. The molecule has 1 aromatic carbocycles. The predicted octanol–water partition coefficient (Wildman–Crippen LogP) is 1.53. The van der Waals surface area contributed by atoms with Gasteiger partial charge in [0.1, 0.15) is 6.04 Å². The van der Waals surface area contributed by atoms with Crippen LogP contribution in [-0.2, 0) is 4.79 Å². The highest BCUT2D eigenvalue weighted by molar-refractivity contribution is 5.75. The Morgan fingerprint density at radius 1 is 1.47 bits per heavy atom. The standard InChI is InChI=1S/C12H15NO2/c1-8-4-2-3-5-9(8)10-6-7-13-11(10)12(14)15/h2-5,10-11,13H,6-7H2,1H3,(H,14,15). The number of nitrogens with one attached hydrogen (secondary N) is 1. The average molecular weight is 205 g/mol. The number of carboxylic acids is 1. The zero-order chi connectivity index (χ0) is 10.8. The third kappa shape index (κ3) is 1.88. The van der Waals surface area contributed by atoms with Gasteiger partial charge in [-0.1, -0.05) is 24.3 Å². The molecule has 0 spiro atoms. The smallest absolute Gasteiger partial charge is 0.321 e. The Bertz CT molecular complexity index is 376. The lowest BCUT2D eigenvalue weighted by Gasteiger charge is -2.17. The highest BCUT2D eigenvalue weighted by Crippen LogP contribution is 2.29. The molecule has 1 heterocycles. The topological polar surface area (TPSA) is 49.3 Å². The molecule has 3 nitrogen and oxygen atoms in total. The number of aliphatic carboxylic acids is 1. The molecule has 80 valence electrons. The van der Waals surface area contributed by atoms with Crippen molar-refractivity contribution in [2.75, 3.05) is 6.54 Å². The molecule has 0 aliphatic carbocycles. The Kier molecular flexibility index (Phi) is 2.73. The van der Waals surface area contributed by atoms with E-state index >= 15 is 0 Å². The SMILES string of the molecule is Cc1ccccc1C1CCNC1C(=O)O. The molecule has 1 saturated heterocycles. The summed E-state index contributed by atoms with van der Waals surface area (Å²) in [6.07, 6.45) is 0.905. The Balaban J connectivity index is 2.30. The van der Waals surface area contributed by atoms with E-state index in [-0.39, 0.29) is 5.92 Å². The quantitative estimate of drug-likeness (QED) is 0.769. The number of hydrogen-bond acceptors (Lipinski definition) is 2. The molecule has 2 N–H and O–H groups in total. The van der Waals surface area contributed by atoms with Gasteiger partial charge in [0.25, 0.3) is 0 Å². The van der Waals surface area contributed by atoms with Gasteiger partial charge in [-0.3, -0.25) is 4.79 Å². The Morgan fingerprint density at radius 3 is 2.87 bits per heavy atom. The molecule has 15 heavy (non-hydrogen) atoms. The van der Waals surface area contributed by atoms with E-state index in [4.69, 9.17) is 5.11 Å². The van der Waals surface area contributed by atoms with Crippen molar-refractivity contribution in [2.45, 2.75) is 25.3 Å². The van der Waals surface area contributed by atoms with Crippen LogP contribution in [0.5, 0.6) is 0 Å². The molecule has 1 fully saturated rings. The Morgan fingerprint density at radius 2 is 2.20 bits per heavy atom.